The molecule has 1 rings (SSSR count). The lowest BCUT2D eigenvalue weighted by molar-refractivity contribution is -0.141. The fraction of sp³-hybridized carbons (Fsp3) is 0.500. The van der Waals surface area contributed by atoms with Gasteiger partial charge in [0.25, 0.3) is 0 Å². The van der Waals surface area contributed by atoms with Crippen LogP contribution < -0.4 is 4.72 Å². The highest BCUT2D eigenvalue weighted by molar-refractivity contribution is 7.89. The Kier molecular flexibility index (Phi) is 5.50. The van der Waals surface area contributed by atoms with E-state index in [9.17, 15) is 18.0 Å². The normalized spacial score (nSPS) is 11.2. The van der Waals surface area contributed by atoms with Gasteiger partial charge < -0.3 is 13.9 Å². The smallest absolute Gasteiger partial charge is 0.342 e. The number of esters is 2. The van der Waals surface area contributed by atoms with Crippen molar-refractivity contribution < 1.29 is 31.9 Å². The van der Waals surface area contributed by atoms with Gasteiger partial charge in [-0.05, 0) is 20.8 Å². The Morgan fingerprint density at radius 3 is 2.38 bits per heavy atom. The second kappa shape index (κ2) is 6.72. The lowest BCUT2D eigenvalue weighted by atomic mass is 10.2. The summed E-state index contributed by atoms with van der Waals surface area (Å²) in [5, 5.41) is 0. The highest BCUT2D eigenvalue weighted by atomic mass is 32.2. The summed E-state index contributed by atoms with van der Waals surface area (Å²) in [6, 6.07) is 0. The molecule has 0 spiro atoms. The molecule has 0 saturated carbocycles. The second-order valence-corrected chi connectivity index (χ2v) is 5.74. The van der Waals surface area contributed by atoms with Crippen molar-refractivity contribution in [1.29, 1.82) is 0 Å². The van der Waals surface area contributed by atoms with Crippen LogP contribution in [0.15, 0.2) is 9.31 Å². The van der Waals surface area contributed by atoms with Crippen molar-refractivity contribution in [3.8, 4) is 0 Å². The number of ether oxygens (including phenoxy) is 2. The summed E-state index contributed by atoms with van der Waals surface area (Å²) in [5.74, 6) is -1.40. The predicted octanol–water partition coefficient (Wildman–Crippen LogP) is 0.524. The standard InChI is InChI=1S/C12H17NO7S/c1-5-19-9(14)6-13-21(16,17)11-8(3)20-7(2)10(11)12(15)18-4/h13H,5-6H2,1-4H3. The van der Waals surface area contributed by atoms with Gasteiger partial charge in [-0.2, -0.15) is 4.72 Å². The fourth-order valence-electron chi connectivity index (χ4n) is 1.76. The van der Waals surface area contributed by atoms with Crippen molar-refractivity contribution in [2.45, 2.75) is 25.7 Å². The zero-order valence-corrected chi connectivity index (χ0v) is 13.0. The van der Waals surface area contributed by atoms with Crippen molar-refractivity contribution in [3.63, 3.8) is 0 Å². The zero-order valence-electron chi connectivity index (χ0n) is 12.2. The summed E-state index contributed by atoms with van der Waals surface area (Å²) in [6.45, 7) is 4.05. The fourth-order valence-corrected chi connectivity index (χ4v) is 3.13. The van der Waals surface area contributed by atoms with Crippen LogP contribution in [0.25, 0.3) is 0 Å². The molecule has 0 amide bonds. The van der Waals surface area contributed by atoms with Gasteiger partial charge in [0.15, 0.2) is 0 Å². The molecule has 0 fully saturated rings. The Morgan fingerprint density at radius 2 is 1.86 bits per heavy atom. The van der Waals surface area contributed by atoms with Gasteiger partial charge in [-0.3, -0.25) is 4.79 Å². The van der Waals surface area contributed by atoms with Gasteiger partial charge in [-0.1, -0.05) is 0 Å². The molecule has 0 aliphatic rings. The Labute approximate surface area is 122 Å². The maximum Gasteiger partial charge on any atom is 0.342 e. The largest absolute Gasteiger partial charge is 0.465 e. The Hall–Kier alpha value is -1.87. The Morgan fingerprint density at radius 1 is 1.24 bits per heavy atom. The van der Waals surface area contributed by atoms with Crippen molar-refractivity contribution in [1.82, 2.24) is 4.72 Å². The first-order valence-corrected chi connectivity index (χ1v) is 7.56. The molecule has 1 aromatic heterocycles. The van der Waals surface area contributed by atoms with Crippen LogP contribution in [-0.2, 0) is 24.3 Å². The van der Waals surface area contributed by atoms with E-state index in [1.807, 2.05) is 0 Å². The minimum Gasteiger partial charge on any atom is -0.465 e. The number of sulfonamides is 1. The summed E-state index contributed by atoms with van der Waals surface area (Å²) in [5.41, 5.74) is -0.189. The lowest BCUT2D eigenvalue weighted by Crippen LogP contribution is -2.31. The van der Waals surface area contributed by atoms with E-state index >= 15 is 0 Å². The number of hydrogen-bond donors (Lipinski definition) is 1. The van der Waals surface area contributed by atoms with Gasteiger partial charge in [-0.15, -0.1) is 0 Å². The summed E-state index contributed by atoms with van der Waals surface area (Å²) in [4.78, 5) is 22.6. The SMILES string of the molecule is CCOC(=O)CNS(=O)(=O)c1c(C)oc(C)c1C(=O)OC. The Balaban J connectivity index is 3.14. The van der Waals surface area contributed by atoms with Crippen LogP contribution in [0.4, 0.5) is 0 Å². The highest BCUT2D eigenvalue weighted by Gasteiger charge is 2.31. The minimum atomic E-state index is -4.11. The third-order valence-corrected chi connectivity index (χ3v) is 4.13. The van der Waals surface area contributed by atoms with Crippen LogP contribution >= 0.6 is 0 Å². The maximum atomic E-state index is 12.2. The third kappa shape index (κ3) is 3.82. The zero-order chi connectivity index (χ0) is 16.2. The Bertz CT molecular complexity index is 645. The minimum absolute atomic E-state index is 0.0317. The molecule has 0 bridgehead atoms. The number of nitrogens with one attached hydrogen (secondary N) is 1. The summed E-state index contributed by atoms with van der Waals surface area (Å²) >= 11 is 0. The first kappa shape index (κ1) is 17.2. The van der Waals surface area contributed by atoms with Gasteiger partial charge >= 0.3 is 11.9 Å². The van der Waals surface area contributed by atoms with Crippen LogP contribution in [0.1, 0.15) is 28.8 Å². The summed E-state index contributed by atoms with van der Waals surface area (Å²) < 4.78 is 40.9. The number of furan rings is 1. The lowest BCUT2D eigenvalue weighted by Gasteiger charge is -2.07. The molecule has 0 saturated heterocycles. The molecule has 0 radical (unpaired) electrons. The van der Waals surface area contributed by atoms with Crippen molar-refractivity contribution in [2.24, 2.45) is 0 Å². The highest BCUT2D eigenvalue weighted by Crippen LogP contribution is 2.26. The van der Waals surface area contributed by atoms with Gasteiger partial charge in [-0.25, -0.2) is 13.2 Å². The van der Waals surface area contributed by atoms with E-state index in [-0.39, 0.29) is 28.6 Å². The van der Waals surface area contributed by atoms with E-state index < -0.39 is 28.5 Å². The molecule has 0 atom stereocenters. The van der Waals surface area contributed by atoms with E-state index in [0.29, 0.717) is 0 Å². The van der Waals surface area contributed by atoms with Gasteiger partial charge in [0.2, 0.25) is 10.0 Å². The molecule has 1 heterocycles. The quantitative estimate of drug-likeness (QED) is 0.761. The number of aryl methyl sites for hydroxylation is 2. The number of carbonyl (C=O) groups is 2. The number of rotatable bonds is 6. The number of hydrogen-bond acceptors (Lipinski definition) is 7. The van der Waals surface area contributed by atoms with Crippen molar-refractivity contribution >= 4 is 22.0 Å². The van der Waals surface area contributed by atoms with Crippen molar-refractivity contribution in [2.75, 3.05) is 20.3 Å². The van der Waals surface area contributed by atoms with E-state index in [1.54, 1.807) is 6.92 Å². The first-order valence-electron chi connectivity index (χ1n) is 6.08. The molecular formula is C12H17NO7S. The van der Waals surface area contributed by atoms with E-state index in [1.165, 1.54) is 13.8 Å². The molecule has 0 aliphatic carbocycles. The van der Waals surface area contributed by atoms with Gasteiger partial charge in [0.1, 0.15) is 28.5 Å². The molecule has 1 aromatic rings. The first-order chi connectivity index (χ1) is 9.74. The van der Waals surface area contributed by atoms with E-state index in [2.05, 4.69) is 14.2 Å². The van der Waals surface area contributed by atoms with Gasteiger partial charge in [0, 0.05) is 0 Å². The van der Waals surface area contributed by atoms with E-state index in [4.69, 9.17) is 4.42 Å². The molecular weight excluding hydrogens is 302 g/mol. The number of carbonyl (C=O) groups excluding carboxylic acids is 2. The van der Waals surface area contributed by atoms with Crippen LogP contribution in [0.2, 0.25) is 0 Å². The van der Waals surface area contributed by atoms with Gasteiger partial charge in [0.05, 0.1) is 13.7 Å². The summed E-state index contributed by atoms with van der Waals surface area (Å²) in [6.07, 6.45) is 0. The van der Waals surface area contributed by atoms with E-state index in [0.717, 1.165) is 7.11 Å². The summed E-state index contributed by atoms with van der Waals surface area (Å²) in [7, 11) is -2.98. The molecule has 8 nitrogen and oxygen atoms in total. The third-order valence-electron chi connectivity index (χ3n) is 2.58. The van der Waals surface area contributed by atoms with Crippen LogP contribution in [-0.4, -0.2) is 40.6 Å². The van der Waals surface area contributed by atoms with Crippen LogP contribution in [0.5, 0.6) is 0 Å². The molecule has 118 valence electrons. The second-order valence-electron chi connectivity index (χ2n) is 4.04. The molecule has 9 heteroatoms. The monoisotopic (exact) mass is 319 g/mol. The molecule has 0 aromatic carbocycles. The van der Waals surface area contributed by atoms with Crippen LogP contribution in [0.3, 0.4) is 0 Å². The molecule has 1 N–H and O–H groups in total. The maximum absolute atomic E-state index is 12.2. The average Bonchev–Trinajstić information content (AvgIpc) is 2.71. The average molecular weight is 319 g/mol. The van der Waals surface area contributed by atoms with Crippen LogP contribution in [0, 0.1) is 13.8 Å². The molecule has 0 aliphatic heterocycles. The predicted molar refractivity (Wildman–Crippen MR) is 71.3 cm³/mol. The van der Waals surface area contributed by atoms with Crippen molar-refractivity contribution in [3.05, 3.63) is 17.1 Å². The molecule has 21 heavy (non-hydrogen) atoms. The number of methoxy groups -OCH3 is 1. The topological polar surface area (TPSA) is 112 Å². The molecule has 0 unspecified atom stereocenters.